The molecule has 0 saturated heterocycles. The van der Waals surface area contributed by atoms with Crippen LogP contribution in [0.4, 0.5) is 5.69 Å². The number of halogens is 1. The molecule has 0 radical (unpaired) electrons. The Bertz CT molecular complexity index is 1080. The number of rotatable bonds is 5. The SMILES string of the molecule is O=C(CCc1nc(-c2cccc3ccccc23)no1)Nc1ccc(Cl)cc1. The second-order valence-electron chi connectivity index (χ2n) is 6.09. The van der Waals surface area contributed by atoms with Crippen LogP contribution < -0.4 is 5.32 Å². The highest BCUT2D eigenvalue weighted by molar-refractivity contribution is 6.30. The first-order valence-electron chi connectivity index (χ1n) is 8.55. The molecule has 1 amide bonds. The van der Waals surface area contributed by atoms with Crippen LogP contribution in [-0.4, -0.2) is 16.0 Å². The maximum absolute atomic E-state index is 12.1. The van der Waals surface area contributed by atoms with Crippen molar-refractivity contribution in [1.82, 2.24) is 10.1 Å². The molecule has 0 aliphatic rings. The number of benzene rings is 3. The molecule has 1 aromatic heterocycles. The number of amides is 1. The molecule has 1 N–H and O–H groups in total. The van der Waals surface area contributed by atoms with Crippen LogP contribution in [0, 0.1) is 0 Å². The minimum atomic E-state index is -0.123. The average Bonchev–Trinajstić information content (AvgIpc) is 3.17. The molecule has 0 atom stereocenters. The summed E-state index contributed by atoms with van der Waals surface area (Å²) >= 11 is 5.84. The summed E-state index contributed by atoms with van der Waals surface area (Å²) in [5, 5.41) is 9.69. The summed E-state index contributed by atoms with van der Waals surface area (Å²) in [5.74, 6) is 0.839. The van der Waals surface area contributed by atoms with Crippen LogP contribution in [0.5, 0.6) is 0 Å². The van der Waals surface area contributed by atoms with Crippen LogP contribution in [0.3, 0.4) is 0 Å². The fourth-order valence-corrected chi connectivity index (χ4v) is 2.99. The monoisotopic (exact) mass is 377 g/mol. The third kappa shape index (κ3) is 3.99. The number of hydrogen-bond acceptors (Lipinski definition) is 4. The van der Waals surface area contributed by atoms with Crippen molar-refractivity contribution in [3.05, 3.63) is 77.6 Å². The molecule has 27 heavy (non-hydrogen) atoms. The lowest BCUT2D eigenvalue weighted by Gasteiger charge is -2.03. The van der Waals surface area contributed by atoms with Crippen molar-refractivity contribution >= 4 is 34.0 Å². The van der Waals surface area contributed by atoms with E-state index >= 15 is 0 Å². The number of anilines is 1. The van der Waals surface area contributed by atoms with E-state index in [4.69, 9.17) is 16.1 Å². The highest BCUT2D eigenvalue weighted by atomic mass is 35.5. The van der Waals surface area contributed by atoms with Gasteiger partial charge in [0, 0.05) is 29.1 Å². The molecule has 0 aliphatic heterocycles. The summed E-state index contributed by atoms with van der Waals surface area (Å²) in [6.07, 6.45) is 0.622. The van der Waals surface area contributed by atoms with Crippen molar-refractivity contribution in [1.29, 1.82) is 0 Å². The molecule has 0 bridgehead atoms. The first-order chi connectivity index (χ1) is 13.2. The summed E-state index contributed by atoms with van der Waals surface area (Å²) in [5.41, 5.74) is 1.61. The third-order valence-corrected chi connectivity index (χ3v) is 4.44. The van der Waals surface area contributed by atoms with Crippen molar-refractivity contribution in [3.8, 4) is 11.4 Å². The number of nitrogens with zero attached hydrogens (tertiary/aromatic N) is 2. The van der Waals surface area contributed by atoms with E-state index in [0.29, 0.717) is 28.8 Å². The Kier molecular flexibility index (Phi) is 4.85. The zero-order valence-electron chi connectivity index (χ0n) is 14.4. The lowest BCUT2D eigenvalue weighted by molar-refractivity contribution is -0.116. The Morgan fingerprint density at radius 3 is 2.63 bits per heavy atom. The van der Waals surface area contributed by atoms with E-state index < -0.39 is 0 Å². The summed E-state index contributed by atoms with van der Waals surface area (Å²) in [6.45, 7) is 0. The van der Waals surface area contributed by atoms with E-state index in [0.717, 1.165) is 16.3 Å². The van der Waals surface area contributed by atoms with Crippen molar-refractivity contribution in [2.75, 3.05) is 5.32 Å². The Labute approximate surface area is 161 Å². The van der Waals surface area contributed by atoms with Crippen LogP contribution >= 0.6 is 11.6 Å². The zero-order chi connectivity index (χ0) is 18.6. The quantitative estimate of drug-likeness (QED) is 0.524. The number of carbonyl (C=O) groups excluding carboxylic acids is 1. The fourth-order valence-electron chi connectivity index (χ4n) is 2.86. The Hall–Kier alpha value is -3.18. The van der Waals surface area contributed by atoms with E-state index in [-0.39, 0.29) is 12.3 Å². The van der Waals surface area contributed by atoms with Gasteiger partial charge in [-0.05, 0) is 35.0 Å². The second kappa shape index (κ2) is 7.60. The summed E-state index contributed by atoms with van der Waals surface area (Å²) in [4.78, 5) is 16.5. The van der Waals surface area contributed by atoms with Gasteiger partial charge in [0.05, 0.1) is 0 Å². The molecule has 4 rings (SSSR count). The van der Waals surface area contributed by atoms with E-state index in [2.05, 4.69) is 15.5 Å². The van der Waals surface area contributed by atoms with Crippen LogP contribution in [0.2, 0.25) is 5.02 Å². The molecule has 134 valence electrons. The van der Waals surface area contributed by atoms with Gasteiger partial charge in [-0.25, -0.2) is 0 Å². The Morgan fingerprint density at radius 1 is 1.00 bits per heavy atom. The molecule has 0 saturated carbocycles. The van der Waals surface area contributed by atoms with E-state index in [1.54, 1.807) is 24.3 Å². The van der Waals surface area contributed by atoms with E-state index in [1.807, 2.05) is 42.5 Å². The van der Waals surface area contributed by atoms with Gasteiger partial charge in [0.1, 0.15) is 0 Å². The topological polar surface area (TPSA) is 68.0 Å². The van der Waals surface area contributed by atoms with E-state index in [9.17, 15) is 4.79 Å². The minimum Gasteiger partial charge on any atom is -0.339 e. The fraction of sp³-hybridized carbons (Fsp3) is 0.0952. The highest BCUT2D eigenvalue weighted by Gasteiger charge is 2.13. The molecular formula is C21H16ClN3O2. The predicted octanol–water partition coefficient (Wildman–Crippen LogP) is 5.11. The normalized spacial score (nSPS) is 10.9. The average molecular weight is 378 g/mol. The van der Waals surface area contributed by atoms with Gasteiger partial charge in [-0.15, -0.1) is 0 Å². The van der Waals surface area contributed by atoms with Gasteiger partial charge in [-0.1, -0.05) is 59.2 Å². The maximum atomic E-state index is 12.1. The molecule has 0 aliphatic carbocycles. The lowest BCUT2D eigenvalue weighted by atomic mass is 10.0. The largest absolute Gasteiger partial charge is 0.339 e. The molecule has 5 nitrogen and oxygen atoms in total. The number of hydrogen-bond donors (Lipinski definition) is 1. The molecule has 1 heterocycles. The molecular weight excluding hydrogens is 362 g/mol. The van der Waals surface area contributed by atoms with Gasteiger partial charge >= 0.3 is 0 Å². The molecule has 0 fully saturated rings. The first-order valence-corrected chi connectivity index (χ1v) is 8.93. The lowest BCUT2D eigenvalue weighted by Crippen LogP contribution is -2.12. The molecule has 6 heteroatoms. The van der Waals surface area contributed by atoms with Crippen LogP contribution in [0.1, 0.15) is 12.3 Å². The van der Waals surface area contributed by atoms with Gasteiger partial charge in [-0.3, -0.25) is 4.79 Å². The third-order valence-electron chi connectivity index (χ3n) is 4.19. The number of nitrogens with one attached hydrogen (secondary N) is 1. The standard InChI is InChI=1S/C21H16ClN3O2/c22-15-8-10-16(11-9-15)23-19(26)12-13-20-24-21(25-27-20)18-7-3-5-14-4-1-2-6-17(14)18/h1-11H,12-13H2,(H,23,26). The smallest absolute Gasteiger partial charge is 0.227 e. The zero-order valence-corrected chi connectivity index (χ0v) is 15.1. The number of fused-ring (bicyclic) bond motifs is 1. The molecule has 3 aromatic carbocycles. The van der Waals surface area contributed by atoms with Gasteiger partial charge in [-0.2, -0.15) is 4.98 Å². The maximum Gasteiger partial charge on any atom is 0.227 e. The summed E-state index contributed by atoms with van der Waals surface area (Å²) < 4.78 is 5.33. The van der Waals surface area contributed by atoms with E-state index in [1.165, 1.54) is 0 Å². The minimum absolute atomic E-state index is 0.123. The Morgan fingerprint density at radius 2 is 1.78 bits per heavy atom. The molecule has 0 spiro atoms. The molecule has 4 aromatic rings. The van der Waals surface area contributed by atoms with Gasteiger partial charge in [0.15, 0.2) is 0 Å². The van der Waals surface area contributed by atoms with Crippen molar-refractivity contribution in [2.45, 2.75) is 12.8 Å². The Balaban J connectivity index is 1.43. The first kappa shape index (κ1) is 17.2. The number of carbonyl (C=O) groups is 1. The van der Waals surface area contributed by atoms with Crippen LogP contribution in [0.15, 0.2) is 71.3 Å². The van der Waals surface area contributed by atoms with Gasteiger partial charge in [0.25, 0.3) is 0 Å². The highest BCUT2D eigenvalue weighted by Crippen LogP contribution is 2.26. The van der Waals surface area contributed by atoms with Crippen molar-refractivity contribution < 1.29 is 9.32 Å². The van der Waals surface area contributed by atoms with Gasteiger partial charge in [0.2, 0.25) is 17.6 Å². The number of aromatic nitrogens is 2. The van der Waals surface area contributed by atoms with Crippen molar-refractivity contribution in [3.63, 3.8) is 0 Å². The second-order valence-corrected chi connectivity index (χ2v) is 6.53. The van der Waals surface area contributed by atoms with Crippen molar-refractivity contribution in [2.24, 2.45) is 0 Å². The summed E-state index contributed by atoms with van der Waals surface area (Å²) in [6, 6.07) is 21.0. The van der Waals surface area contributed by atoms with Crippen LogP contribution in [0.25, 0.3) is 22.2 Å². The molecule has 0 unspecified atom stereocenters. The van der Waals surface area contributed by atoms with Crippen LogP contribution in [-0.2, 0) is 11.2 Å². The predicted molar refractivity (Wildman–Crippen MR) is 106 cm³/mol. The van der Waals surface area contributed by atoms with Gasteiger partial charge < -0.3 is 9.84 Å². The number of aryl methyl sites for hydroxylation is 1. The summed E-state index contributed by atoms with van der Waals surface area (Å²) in [7, 11) is 0.